The lowest BCUT2D eigenvalue weighted by Gasteiger charge is -2.43. The van der Waals surface area contributed by atoms with Crippen molar-refractivity contribution in [2.75, 3.05) is 26.9 Å². The van der Waals surface area contributed by atoms with Gasteiger partial charge in [-0.25, -0.2) is 0 Å². The first kappa shape index (κ1) is 16.5. The van der Waals surface area contributed by atoms with E-state index in [1.54, 1.807) is 0 Å². The van der Waals surface area contributed by atoms with E-state index >= 15 is 0 Å². The Bertz CT molecular complexity index is 559. The summed E-state index contributed by atoms with van der Waals surface area (Å²) in [7, 11) is 1.84. The molecule has 4 rings (SSSR count). The van der Waals surface area contributed by atoms with Crippen LogP contribution in [0.5, 0.6) is 0 Å². The van der Waals surface area contributed by atoms with Crippen LogP contribution in [0.25, 0.3) is 0 Å². The van der Waals surface area contributed by atoms with E-state index in [0.717, 1.165) is 50.2 Å². The number of likely N-dealkylation sites (tertiary alicyclic amines) is 1. The number of hydrogen-bond acceptors (Lipinski definition) is 6. The second-order valence-corrected chi connectivity index (χ2v) is 7.49. The minimum absolute atomic E-state index is 0.0534. The van der Waals surface area contributed by atoms with E-state index in [2.05, 4.69) is 16.1 Å². The molecule has 0 bridgehead atoms. The van der Waals surface area contributed by atoms with Gasteiger partial charge < -0.3 is 19.1 Å². The number of methoxy groups -OCH3 is 1. The summed E-state index contributed by atoms with van der Waals surface area (Å²) < 4.78 is 17.3. The number of aliphatic hydroxyl groups is 1. The second kappa shape index (κ2) is 6.75. The zero-order valence-corrected chi connectivity index (χ0v) is 14.4. The molecule has 134 valence electrons. The predicted molar refractivity (Wildman–Crippen MR) is 87.7 cm³/mol. The topological polar surface area (TPSA) is 68.0 Å². The van der Waals surface area contributed by atoms with Crippen molar-refractivity contribution in [1.82, 2.24) is 10.1 Å². The number of aliphatic hydroxyl groups excluding tert-OH is 1. The van der Waals surface area contributed by atoms with E-state index in [-0.39, 0.29) is 18.3 Å². The summed E-state index contributed by atoms with van der Waals surface area (Å²) in [6.07, 6.45) is 6.73. The van der Waals surface area contributed by atoms with Crippen LogP contribution in [-0.2, 0) is 16.0 Å². The molecule has 1 aliphatic heterocycles. The molecule has 6 heteroatoms. The lowest BCUT2D eigenvalue weighted by atomic mass is 9.79. The van der Waals surface area contributed by atoms with E-state index in [1.165, 1.54) is 12.8 Å². The first-order chi connectivity index (χ1) is 11.7. The minimum Gasteiger partial charge on any atom is -0.394 e. The van der Waals surface area contributed by atoms with Gasteiger partial charge in [-0.3, -0.25) is 4.90 Å². The largest absolute Gasteiger partial charge is 0.394 e. The van der Waals surface area contributed by atoms with Gasteiger partial charge in [0.1, 0.15) is 5.76 Å². The van der Waals surface area contributed by atoms with Gasteiger partial charge in [0.2, 0.25) is 0 Å². The van der Waals surface area contributed by atoms with Crippen LogP contribution in [0, 0.1) is 0 Å². The van der Waals surface area contributed by atoms with Crippen LogP contribution >= 0.6 is 0 Å². The van der Waals surface area contributed by atoms with Crippen molar-refractivity contribution >= 4 is 0 Å². The molecule has 2 saturated carbocycles. The van der Waals surface area contributed by atoms with Crippen molar-refractivity contribution in [1.29, 1.82) is 0 Å². The molecule has 1 aromatic rings. The van der Waals surface area contributed by atoms with Crippen LogP contribution in [0.1, 0.15) is 55.9 Å². The molecule has 0 unspecified atom stereocenters. The molecule has 0 amide bonds. The Morgan fingerprint density at radius 2 is 2.25 bits per heavy atom. The van der Waals surface area contributed by atoms with Crippen molar-refractivity contribution in [3.05, 3.63) is 17.5 Å². The van der Waals surface area contributed by atoms with E-state index in [0.29, 0.717) is 18.6 Å². The summed E-state index contributed by atoms with van der Waals surface area (Å²) in [5, 5.41) is 13.3. The number of rotatable bonds is 7. The molecule has 3 aliphatic rings. The maximum Gasteiger partial charge on any atom is 0.140 e. The molecule has 3 atom stereocenters. The standard InChI is InChI=1S/C18H28N2O4/c1-22-18-5-4-15(23-9-8-21)11-17(18)20(7-6-18)12-14-10-16(24-19-14)13-2-3-13/h10,13,15,17,21H,2-9,11-12H2,1H3/t15-,17+,18-/m1/s1. The Hall–Kier alpha value is -0.950. The summed E-state index contributed by atoms with van der Waals surface area (Å²) in [6, 6.07) is 2.48. The van der Waals surface area contributed by atoms with Gasteiger partial charge in [-0.15, -0.1) is 0 Å². The summed E-state index contributed by atoms with van der Waals surface area (Å²) >= 11 is 0. The van der Waals surface area contributed by atoms with Crippen molar-refractivity contribution in [3.63, 3.8) is 0 Å². The number of nitrogens with zero attached hydrogens (tertiary/aromatic N) is 2. The van der Waals surface area contributed by atoms with Crippen molar-refractivity contribution in [3.8, 4) is 0 Å². The molecule has 24 heavy (non-hydrogen) atoms. The highest BCUT2D eigenvalue weighted by Gasteiger charge is 2.51. The fourth-order valence-electron chi connectivity index (χ4n) is 4.49. The molecular formula is C18H28N2O4. The normalized spacial score (nSPS) is 33.8. The summed E-state index contributed by atoms with van der Waals surface area (Å²) in [4.78, 5) is 2.48. The van der Waals surface area contributed by atoms with Gasteiger partial charge in [0.25, 0.3) is 0 Å². The van der Waals surface area contributed by atoms with Crippen LogP contribution in [0.3, 0.4) is 0 Å². The van der Waals surface area contributed by atoms with Gasteiger partial charge in [0, 0.05) is 38.2 Å². The van der Waals surface area contributed by atoms with Crippen molar-refractivity contribution in [2.45, 2.75) is 68.7 Å². The van der Waals surface area contributed by atoms with Crippen LogP contribution < -0.4 is 0 Å². The molecule has 0 aromatic carbocycles. The maximum atomic E-state index is 9.00. The Morgan fingerprint density at radius 3 is 3.00 bits per heavy atom. The fourth-order valence-corrected chi connectivity index (χ4v) is 4.49. The Kier molecular flexibility index (Phi) is 4.64. The molecule has 0 spiro atoms. The summed E-state index contributed by atoms with van der Waals surface area (Å²) in [6.45, 7) is 2.35. The Morgan fingerprint density at radius 1 is 1.38 bits per heavy atom. The third-order valence-electron chi connectivity index (χ3n) is 6.02. The predicted octanol–water partition coefficient (Wildman–Crippen LogP) is 2.07. The molecule has 3 fully saturated rings. The van der Waals surface area contributed by atoms with Gasteiger partial charge in [-0.2, -0.15) is 0 Å². The quantitative estimate of drug-likeness (QED) is 0.822. The molecule has 2 aliphatic carbocycles. The van der Waals surface area contributed by atoms with Crippen LogP contribution in [0.2, 0.25) is 0 Å². The third-order valence-corrected chi connectivity index (χ3v) is 6.02. The third kappa shape index (κ3) is 3.12. The average Bonchev–Trinajstić information content (AvgIpc) is 3.26. The average molecular weight is 336 g/mol. The second-order valence-electron chi connectivity index (χ2n) is 7.49. The first-order valence-electron chi connectivity index (χ1n) is 9.21. The number of hydrogen-bond donors (Lipinski definition) is 1. The van der Waals surface area contributed by atoms with Crippen molar-refractivity contribution < 1.29 is 19.1 Å². The van der Waals surface area contributed by atoms with Crippen molar-refractivity contribution in [2.24, 2.45) is 0 Å². The number of aromatic nitrogens is 1. The van der Waals surface area contributed by atoms with Gasteiger partial charge in [0.05, 0.1) is 30.6 Å². The van der Waals surface area contributed by atoms with E-state index < -0.39 is 0 Å². The summed E-state index contributed by atoms with van der Waals surface area (Å²) in [5.41, 5.74) is 0.976. The zero-order valence-electron chi connectivity index (χ0n) is 14.4. The Balaban J connectivity index is 1.44. The lowest BCUT2D eigenvalue weighted by molar-refractivity contribution is -0.104. The molecule has 1 N–H and O–H groups in total. The molecular weight excluding hydrogens is 308 g/mol. The van der Waals surface area contributed by atoms with Gasteiger partial charge in [-0.05, 0) is 38.5 Å². The van der Waals surface area contributed by atoms with Crippen LogP contribution in [0.4, 0.5) is 0 Å². The smallest absolute Gasteiger partial charge is 0.140 e. The monoisotopic (exact) mass is 336 g/mol. The van der Waals surface area contributed by atoms with E-state index in [9.17, 15) is 0 Å². The lowest BCUT2D eigenvalue weighted by Crippen LogP contribution is -2.51. The highest BCUT2D eigenvalue weighted by molar-refractivity contribution is 5.15. The van der Waals surface area contributed by atoms with E-state index in [4.69, 9.17) is 19.1 Å². The van der Waals surface area contributed by atoms with Gasteiger partial charge in [-0.1, -0.05) is 5.16 Å². The van der Waals surface area contributed by atoms with Crippen LogP contribution in [0.15, 0.2) is 10.6 Å². The highest BCUT2D eigenvalue weighted by atomic mass is 16.5. The number of ether oxygens (including phenoxy) is 2. The molecule has 6 nitrogen and oxygen atoms in total. The molecule has 1 aromatic heterocycles. The Labute approximate surface area is 143 Å². The van der Waals surface area contributed by atoms with Gasteiger partial charge in [0.15, 0.2) is 0 Å². The van der Waals surface area contributed by atoms with Crippen LogP contribution in [-0.4, -0.2) is 59.8 Å². The molecule has 2 heterocycles. The van der Waals surface area contributed by atoms with E-state index in [1.807, 2.05) is 7.11 Å². The molecule has 0 radical (unpaired) electrons. The first-order valence-corrected chi connectivity index (χ1v) is 9.21. The highest BCUT2D eigenvalue weighted by Crippen LogP contribution is 2.44. The number of fused-ring (bicyclic) bond motifs is 1. The summed E-state index contributed by atoms with van der Waals surface area (Å²) in [5.74, 6) is 1.66. The fraction of sp³-hybridized carbons (Fsp3) is 0.833. The van der Waals surface area contributed by atoms with Gasteiger partial charge >= 0.3 is 0 Å². The minimum atomic E-state index is -0.0534. The zero-order chi connectivity index (χ0) is 16.6. The SMILES string of the molecule is CO[C@@]12CC[C@@H](OCCO)C[C@@H]1N(Cc1cc(C3CC3)on1)CC2. The maximum absolute atomic E-state index is 9.00. The molecule has 1 saturated heterocycles.